The first-order valence-electron chi connectivity index (χ1n) is 3.65. The Kier molecular flexibility index (Phi) is 1.74. The highest BCUT2D eigenvalue weighted by Crippen LogP contribution is 2.32. The second kappa shape index (κ2) is 2.61. The smallest absolute Gasteiger partial charge is 0.106 e. The maximum absolute atomic E-state index is 5.17. The van der Waals surface area contributed by atoms with Crippen molar-refractivity contribution in [3.05, 3.63) is 33.8 Å². The lowest BCUT2D eigenvalue weighted by Crippen LogP contribution is -1.82. The number of epoxide rings is 1. The first-order chi connectivity index (χ1) is 5.27. The van der Waals surface area contributed by atoms with Gasteiger partial charge in [0.1, 0.15) is 6.10 Å². The van der Waals surface area contributed by atoms with E-state index in [1.165, 1.54) is 15.6 Å². The van der Waals surface area contributed by atoms with Gasteiger partial charge in [0.2, 0.25) is 0 Å². The van der Waals surface area contributed by atoms with Gasteiger partial charge in [-0.1, -0.05) is 28.1 Å². The molecule has 1 fully saturated rings. The highest BCUT2D eigenvalue weighted by molar-refractivity contribution is 9.10. The van der Waals surface area contributed by atoms with Gasteiger partial charge >= 0.3 is 0 Å². The van der Waals surface area contributed by atoms with E-state index < -0.39 is 0 Å². The first-order valence-corrected chi connectivity index (χ1v) is 4.44. The zero-order valence-corrected chi connectivity index (χ0v) is 7.89. The average molecular weight is 213 g/mol. The molecule has 0 bridgehead atoms. The molecular formula is C9H9BrO. The standard InChI is InChI=1S/C9H9BrO/c1-6-2-3-7(4-8(6)10)9-5-11-9/h2-4,9H,5H2,1H3/t9-/m0/s1. The molecule has 0 aromatic heterocycles. The molecule has 0 N–H and O–H groups in total. The van der Waals surface area contributed by atoms with Crippen LogP contribution in [-0.2, 0) is 4.74 Å². The summed E-state index contributed by atoms with van der Waals surface area (Å²) < 4.78 is 6.34. The lowest BCUT2D eigenvalue weighted by Gasteiger charge is -1.99. The zero-order valence-electron chi connectivity index (χ0n) is 6.30. The van der Waals surface area contributed by atoms with Crippen LogP contribution in [0.4, 0.5) is 0 Å². The molecule has 0 unspecified atom stereocenters. The monoisotopic (exact) mass is 212 g/mol. The molecule has 0 saturated carbocycles. The number of halogens is 1. The Morgan fingerprint density at radius 1 is 1.55 bits per heavy atom. The summed E-state index contributed by atoms with van der Waals surface area (Å²) in [5, 5.41) is 0. The minimum Gasteiger partial charge on any atom is -0.368 e. The summed E-state index contributed by atoms with van der Waals surface area (Å²) in [4.78, 5) is 0. The van der Waals surface area contributed by atoms with Crippen LogP contribution < -0.4 is 0 Å². The van der Waals surface area contributed by atoms with E-state index >= 15 is 0 Å². The Morgan fingerprint density at radius 2 is 2.27 bits per heavy atom. The molecule has 1 atom stereocenters. The van der Waals surface area contributed by atoms with Gasteiger partial charge in [-0.25, -0.2) is 0 Å². The molecule has 1 saturated heterocycles. The van der Waals surface area contributed by atoms with Crippen LogP contribution in [0.1, 0.15) is 17.2 Å². The van der Waals surface area contributed by atoms with Gasteiger partial charge in [0, 0.05) is 4.47 Å². The van der Waals surface area contributed by atoms with Crippen molar-refractivity contribution in [2.75, 3.05) is 6.61 Å². The number of aryl methyl sites for hydroxylation is 1. The van der Waals surface area contributed by atoms with Gasteiger partial charge in [-0.3, -0.25) is 0 Å². The number of hydrogen-bond donors (Lipinski definition) is 0. The van der Waals surface area contributed by atoms with Crippen LogP contribution in [-0.4, -0.2) is 6.61 Å². The molecule has 0 spiro atoms. The summed E-state index contributed by atoms with van der Waals surface area (Å²) in [5.41, 5.74) is 2.55. The largest absolute Gasteiger partial charge is 0.368 e. The van der Waals surface area contributed by atoms with Crippen LogP contribution in [0, 0.1) is 6.92 Å². The fraction of sp³-hybridized carbons (Fsp3) is 0.333. The van der Waals surface area contributed by atoms with Crippen LogP contribution in [0.25, 0.3) is 0 Å². The van der Waals surface area contributed by atoms with Crippen LogP contribution in [0.3, 0.4) is 0 Å². The number of hydrogen-bond acceptors (Lipinski definition) is 1. The van der Waals surface area contributed by atoms with Crippen molar-refractivity contribution in [1.82, 2.24) is 0 Å². The normalized spacial score (nSPS) is 21.8. The maximum atomic E-state index is 5.17. The molecular weight excluding hydrogens is 204 g/mol. The van der Waals surface area contributed by atoms with Crippen molar-refractivity contribution >= 4 is 15.9 Å². The highest BCUT2D eigenvalue weighted by atomic mass is 79.9. The van der Waals surface area contributed by atoms with Crippen LogP contribution in [0.15, 0.2) is 22.7 Å². The van der Waals surface area contributed by atoms with Gasteiger partial charge in [-0.2, -0.15) is 0 Å². The van der Waals surface area contributed by atoms with E-state index in [0.717, 1.165) is 6.61 Å². The van der Waals surface area contributed by atoms with E-state index in [2.05, 4.69) is 41.1 Å². The van der Waals surface area contributed by atoms with Gasteiger partial charge in [0.25, 0.3) is 0 Å². The predicted octanol–water partition coefficient (Wildman–Crippen LogP) is 2.83. The third-order valence-electron chi connectivity index (χ3n) is 1.90. The van der Waals surface area contributed by atoms with Gasteiger partial charge in [-0.15, -0.1) is 0 Å². The molecule has 0 radical (unpaired) electrons. The first kappa shape index (κ1) is 7.32. The van der Waals surface area contributed by atoms with Gasteiger partial charge in [0.15, 0.2) is 0 Å². The third-order valence-corrected chi connectivity index (χ3v) is 2.76. The van der Waals surface area contributed by atoms with E-state index in [9.17, 15) is 0 Å². The minimum atomic E-state index is 0.367. The Morgan fingerprint density at radius 3 is 2.82 bits per heavy atom. The summed E-state index contributed by atoms with van der Waals surface area (Å²) in [6, 6.07) is 6.37. The van der Waals surface area contributed by atoms with Crippen molar-refractivity contribution in [2.45, 2.75) is 13.0 Å². The van der Waals surface area contributed by atoms with Gasteiger partial charge < -0.3 is 4.74 Å². The second-order valence-electron chi connectivity index (χ2n) is 2.83. The van der Waals surface area contributed by atoms with E-state index in [0.29, 0.717) is 6.10 Å². The molecule has 1 aliphatic heterocycles. The predicted molar refractivity (Wildman–Crippen MR) is 47.6 cm³/mol. The summed E-state index contributed by atoms with van der Waals surface area (Å²) in [6.07, 6.45) is 0.367. The number of ether oxygens (including phenoxy) is 1. The molecule has 1 aliphatic rings. The quantitative estimate of drug-likeness (QED) is 0.653. The van der Waals surface area contributed by atoms with E-state index in [1.54, 1.807) is 0 Å². The summed E-state index contributed by atoms with van der Waals surface area (Å²) in [7, 11) is 0. The maximum Gasteiger partial charge on any atom is 0.106 e. The Hall–Kier alpha value is -0.340. The third kappa shape index (κ3) is 1.47. The lowest BCUT2D eigenvalue weighted by atomic mass is 10.1. The van der Waals surface area contributed by atoms with Crippen molar-refractivity contribution < 1.29 is 4.74 Å². The molecule has 1 heterocycles. The van der Waals surface area contributed by atoms with Crippen LogP contribution >= 0.6 is 15.9 Å². The van der Waals surface area contributed by atoms with E-state index in [-0.39, 0.29) is 0 Å². The minimum absolute atomic E-state index is 0.367. The fourth-order valence-electron chi connectivity index (χ4n) is 1.05. The molecule has 1 nitrogen and oxygen atoms in total. The highest BCUT2D eigenvalue weighted by Gasteiger charge is 2.24. The molecule has 2 heteroatoms. The van der Waals surface area contributed by atoms with E-state index in [1.807, 2.05) is 0 Å². The Labute approximate surface area is 74.5 Å². The van der Waals surface area contributed by atoms with Crippen molar-refractivity contribution in [2.24, 2.45) is 0 Å². The molecule has 58 valence electrons. The molecule has 1 aromatic rings. The zero-order chi connectivity index (χ0) is 7.84. The second-order valence-corrected chi connectivity index (χ2v) is 3.68. The van der Waals surface area contributed by atoms with Gasteiger partial charge in [0.05, 0.1) is 6.61 Å². The molecule has 1 aromatic carbocycles. The molecule has 2 rings (SSSR count). The van der Waals surface area contributed by atoms with E-state index in [4.69, 9.17) is 4.74 Å². The summed E-state index contributed by atoms with van der Waals surface area (Å²) in [5.74, 6) is 0. The Bertz CT molecular complexity index is 279. The topological polar surface area (TPSA) is 12.5 Å². The van der Waals surface area contributed by atoms with Crippen molar-refractivity contribution in [1.29, 1.82) is 0 Å². The molecule has 0 amide bonds. The number of rotatable bonds is 1. The summed E-state index contributed by atoms with van der Waals surface area (Å²) in [6.45, 7) is 2.97. The molecule has 0 aliphatic carbocycles. The number of benzene rings is 1. The van der Waals surface area contributed by atoms with Crippen LogP contribution in [0.5, 0.6) is 0 Å². The van der Waals surface area contributed by atoms with Gasteiger partial charge in [-0.05, 0) is 24.1 Å². The molecule has 11 heavy (non-hydrogen) atoms. The van der Waals surface area contributed by atoms with Crippen LogP contribution in [0.2, 0.25) is 0 Å². The summed E-state index contributed by atoms with van der Waals surface area (Å²) >= 11 is 3.49. The van der Waals surface area contributed by atoms with Crippen molar-refractivity contribution in [3.8, 4) is 0 Å². The Balaban J connectivity index is 2.36. The fourth-order valence-corrected chi connectivity index (χ4v) is 1.45. The lowest BCUT2D eigenvalue weighted by molar-refractivity contribution is 0.415. The van der Waals surface area contributed by atoms with Crippen molar-refractivity contribution in [3.63, 3.8) is 0 Å². The average Bonchev–Trinajstić information content (AvgIpc) is 2.77. The SMILES string of the molecule is Cc1ccc([C@@H]2CO2)cc1Br.